The maximum absolute atomic E-state index is 5.62. The van der Waals surface area contributed by atoms with Gasteiger partial charge in [-0.05, 0) is 51.5 Å². The summed E-state index contributed by atoms with van der Waals surface area (Å²) in [6.45, 7) is 16.0. The van der Waals surface area contributed by atoms with Crippen LogP contribution in [0.15, 0.2) is 18.2 Å². The smallest absolute Gasteiger partial charge is 0.218 e. The molecule has 0 spiro atoms. The first-order valence-electron chi connectivity index (χ1n) is 7.64. The third-order valence-corrected chi connectivity index (χ3v) is 3.90. The molecule has 0 aliphatic heterocycles. The monoisotopic (exact) mass is 318 g/mol. The lowest BCUT2D eigenvalue weighted by Gasteiger charge is -2.23. The van der Waals surface area contributed by atoms with Crippen molar-refractivity contribution >= 4 is 12.2 Å². The van der Waals surface area contributed by atoms with E-state index in [1.165, 1.54) is 5.56 Å². The third-order valence-electron chi connectivity index (χ3n) is 3.52. The molecule has 4 nitrogen and oxygen atoms in total. The summed E-state index contributed by atoms with van der Waals surface area (Å²) in [7, 11) is 0. The van der Waals surface area contributed by atoms with E-state index in [2.05, 4.69) is 77.1 Å². The Balaban J connectivity index is 2.62. The molecule has 2 rings (SSSR count). The fourth-order valence-corrected chi connectivity index (χ4v) is 2.74. The molecule has 5 heteroatoms. The van der Waals surface area contributed by atoms with Crippen LogP contribution in [0, 0.1) is 17.1 Å². The largest absolute Gasteiger partial charge is 0.220 e. The van der Waals surface area contributed by atoms with Gasteiger partial charge in [0.1, 0.15) is 0 Å². The Morgan fingerprint density at radius 2 is 1.68 bits per heavy atom. The zero-order chi connectivity index (χ0) is 16.7. The number of tetrazole rings is 1. The number of hydrogen-bond donors (Lipinski definition) is 0. The van der Waals surface area contributed by atoms with Gasteiger partial charge >= 0.3 is 0 Å². The molecule has 0 aliphatic carbocycles. The van der Waals surface area contributed by atoms with Crippen LogP contribution in [-0.4, -0.2) is 19.8 Å². The van der Waals surface area contributed by atoms with Crippen molar-refractivity contribution in [2.24, 2.45) is 5.41 Å². The minimum absolute atomic E-state index is 0.0178. The molecule has 0 radical (unpaired) electrons. The quantitative estimate of drug-likeness (QED) is 0.767. The molecule has 0 saturated carbocycles. The summed E-state index contributed by atoms with van der Waals surface area (Å²) in [6.07, 6.45) is 0. The normalized spacial score (nSPS) is 12.7. The Hall–Kier alpha value is -1.49. The van der Waals surface area contributed by atoms with Crippen molar-refractivity contribution in [3.63, 3.8) is 0 Å². The van der Waals surface area contributed by atoms with E-state index in [1.807, 2.05) is 4.68 Å². The number of hydrogen-bond acceptors (Lipinski definition) is 3. The summed E-state index contributed by atoms with van der Waals surface area (Å²) in [4.78, 5) is 0. The lowest BCUT2D eigenvalue weighted by atomic mass is 9.84. The summed E-state index contributed by atoms with van der Waals surface area (Å²) < 4.78 is 4.26. The van der Waals surface area contributed by atoms with Gasteiger partial charge in [-0.25, -0.2) is 4.68 Å². The van der Waals surface area contributed by atoms with Crippen LogP contribution in [0.3, 0.4) is 0 Å². The Morgan fingerprint density at radius 1 is 1.05 bits per heavy atom. The highest BCUT2D eigenvalue weighted by Gasteiger charge is 2.22. The maximum Gasteiger partial charge on any atom is 0.220 e. The Morgan fingerprint density at radius 3 is 2.23 bits per heavy atom. The van der Waals surface area contributed by atoms with Gasteiger partial charge in [0, 0.05) is 0 Å². The van der Waals surface area contributed by atoms with Crippen molar-refractivity contribution < 1.29 is 0 Å². The standard InChI is InChI=1S/C17H26N4S/c1-12-9-8-10-13(17(5,6)7)14(12)21-15(22)20(18-19-21)11-16(2,3)4/h8-10H,11H2,1-7H3. The van der Waals surface area contributed by atoms with Crippen LogP contribution in [0.2, 0.25) is 0 Å². The minimum Gasteiger partial charge on any atom is -0.218 e. The van der Waals surface area contributed by atoms with Crippen molar-refractivity contribution in [3.8, 4) is 5.69 Å². The van der Waals surface area contributed by atoms with Gasteiger partial charge in [0.05, 0.1) is 12.2 Å². The van der Waals surface area contributed by atoms with Gasteiger partial charge in [-0.3, -0.25) is 0 Å². The van der Waals surface area contributed by atoms with E-state index in [0.29, 0.717) is 4.77 Å². The van der Waals surface area contributed by atoms with Gasteiger partial charge in [0.25, 0.3) is 0 Å². The second-order valence-corrected chi connectivity index (χ2v) is 8.48. The predicted molar refractivity (Wildman–Crippen MR) is 93.1 cm³/mol. The highest BCUT2D eigenvalue weighted by atomic mass is 32.1. The fourth-order valence-electron chi connectivity index (χ4n) is 2.51. The van der Waals surface area contributed by atoms with Crippen LogP contribution in [-0.2, 0) is 12.0 Å². The van der Waals surface area contributed by atoms with E-state index >= 15 is 0 Å². The summed E-state index contributed by atoms with van der Waals surface area (Å²) in [6, 6.07) is 6.32. The number of benzene rings is 1. The molecule has 22 heavy (non-hydrogen) atoms. The van der Waals surface area contributed by atoms with Crippen molar-refractivity contribution in [1.82, 2.24) is 19.8 Å². The number of aromatic nitrogens is 4. The lowest BCUT2D eigenvalue weighted by molar-refractivity contribution is 0.319. The average molecular weight is 318 g/mol. The SMILES string of the molecule is Cc1cccc(C(C)(C)C)c1-n1nnn(CC(C)(C)C)c1=S. The van der Waals surface area contributed by atoms with E-state index < -0.39 is 0 Å². The summed E-state index contributed by atoms with van der Waals surface area (Å²) in [5, 5.41) is 8.60. The number of nitrogens with zero attached hydrogens (tertiary/aromatic N) is 4. The molecule has 2 aromatic rings. The predicted octanol–water partition coefficient (Wildman–Crippen LogP) is 4.45. The summed E-state index contributed by atoms with van der Waals surface area (Å²) in [5.41, 5.74) is 3.57. The summed E-state index contributed by atoms with van der Waals surface area (Å²) >= 11 is 5.62. The van der Waals surface area contributed by atoms with Gasteiger partial charge in [0.2, 0.25) is 4.77 Å². The molecule has 1 heterocycles. The molecule has 0 unspecified atom stereocenters. The van der Waals surface area contributed by atoms with Crippen LogP contribution in [0.25, 0.3) is 5.69 Å². The average Bonchev–Trinajstić information content (AvgIpc) is 2.68. The zero-order valence-electron chi connectivity index (χ0n) is 14.6. The van der Waals surface area contributed by atoms with Crippen LogP contribution < -0.4 is 0 Å². The Kier molecular flexibility index (Phi) is 4.30. The van der Waals surface area contributed by atoms with E-state index in [0.717, 1.165) is 17.8 Å². The highest BCUT2D eigenvalue weighted by Crippen LogP contribution is 2.30. The van der Waals surface area contributed by atoms with Gasteiger partial charge in [-0.2, -0.15) is 4.68 Å². The number of para-hydroxylation sites is 1. The maximum atomic E-state index is 5.62. The molecule has 0 fully saturated rings. The molecule has 120 valence electrons. The molecule has 0 bridgehead atoms. The fraction of sp³-hybridized carbons (Fsp3) is 0.588. The molecular weight excluding hydrogens is 292 g/mol. The Labute approximate surface area is 138 Å². The van der Waals surface area contributed by atoms with E-state index in [1.54, 1.807) is 4.68 Å². The zero-order valence-corrected chi connectivity index (χ0v) is 15.5. The summed E-state index contributed by atoms with van der Waals surface area (Å²) in [5.74, 6) is 0. The molecule has 1 aromatic heterocycles. The first-order valence-corrected chi connectivity index (χ1v) is 8.05. The van der Waals surface area contributed by atoms with Gasteiger partial charge < -0.3 is 0 Å². The van der Waals surface area contributed by atoms with Gasteiger partial charge in [-0.15, -0.1) is 0 Å². The van der Waals surface area contributed by atoms with Crippen LogP contribution in [0.5, 0.6) is 0 Å². The van der Waals surface area contributed by atoms with E-state index in [-0.39, 0.29) is 10.8 Å². The Bertz CT molecular complexity index is 726. The second-order valence-electron chi connectivity index (χ2n) is 8.11. The molecular formula is C17H26N4S. The second kappa shape index (κ2) is 5.61. The van der Waals surface area contributed by atoms with Crippen LogP contribution in [0.1, 0.15) is 52.7 Å². The van der Waals surface area contributed by atoms with Crippen molar-refractivity contribution in [2.45, 2.75) is 60.4 Å². The lowest BCUT2D eigenvalue weighted by Crippen LogP contribution is -2.18. The first kappa shape index (κ1) is 16.9. The molecule has 0 atom stereocenters. The number of rotatable bonds is 2. The molecule has 1 aromatic carbocycles. The van der Waals surface area contributed by atoms with Gasteiger partial charge in [-0.1, -0.05) is 59.7 Å². The molecule has 0 aliphatic rings. The van der Waals surface area contributed by atoms with Crippen LogP contribution in [0.4, 0.5) is 0 Å². The van der Waals surface area contributed by atoms with E-state index in [9.17, 15) is 0 Å². The van der Waals surface area contributed by atoms with Crippen molar-refractivity contribution in [3.05, 3.63) is 34.1 Å². The number of aryl methyl sites for hydroxylation is 1. The third kappa shape index (κ3) is 3.46. The van der Waals surface area contributed by atoms with Crippen molar-refractivity contribution in [2.75, 3.05) is 0 Å². The van der Waals surface area contributed by atoms with E-state index in [4.69, 9.17) is 12.2 Å². The highest BCUT2D eigenvalue weighted by molar-refractivity contribution is 7.71. The molecule has 0 amide bonds. The minimum atomic E-state index is 0.0178. The first-order chi connectivity index (χ1) is 10.0. The van der Waals surface area contributed by atoms with Crippen LogP contribution >= 0.6 is 12.2 Å². The molecule has 0 saturated heterocycles. The van der Waals surface area contributed by atoms with Gasteiger partial charge in [0.15, 0.2) is 0 Å². The topological polar surface area (TPSA) is 35.6 Å². The van der Waals surface area contributed by atoms with Crippen molar-refractivity contribution in [1.29, 1.82) is 0 Å². The molecule has 0 N–H and O–H groups in total.